The van der Waals surface area contributed by atoms with Crippen LogP contribution in [-0.2, 0) is 6.42 Å². The Bertz CT molecular complexity index is 1340. The summed E-state index contributed by atoms with van der Waals surface area (Å²) in [6.45, 7) is 15.1. The van der Waals surface area contributed by atoms with E-state index in [4.69, 9.17) is 15.7 Å². The highest BCUT2D eigenvalue weighted by atomic mass is 15.3. The van der Waals surface area contributed by atoms with Gasteiger partial charge in [-0.2, -0.15) is 0 Å². The number of aryl methyl sites for hydroxylation is 3. The van der Waals surface area contributed by atoms with Crippen molar-refractivity contribution < 1.29 is 0 Å². The van der Waals surface area contributed by atoms with Gasteiger partial charge < -0.3 is 26.2 Å². The molecule has 0 aliphatic carbocycles. The largest absolute Gasteiger partial charge is 0.385 e. The number of piperazine rings is 1. The monoisotopic (exact) mass is 511 g/mol. The molecule has 200 valence electrons. The van der Waals surface area contributed by atoms with Crippen LogP contribution >= 0.6 is 0 Å². The highest BCUT2D eigenvalue weighted by Gasteiger charge is 2.23. The second-order valence-corrected chi connectivity index (χ2v) is 10.2. The zero-order valence-corrected chi connectivity index (χ0v) is 23.6. The maximum absolute atomic E-state index is 6.56. The van der Waals surface area contributed by atoms with Gasteiger partial charge in [-0.25, -0.2) is 9.98 Å². The zero-order valence-electron chi connectivity index (χ0n) is 23.6. The predicted molar refractivity (Wildman–Crippen MR) is 162 cm³/mol. The number of amidine groups is 1. The maximum Gasteiger partial charge on any atom is 0.153 e. The summed E-state index contributed by atoms with van der Waals surface area (Å²) in [4.78, 5) is 14.2. The SMILES string of the molecule is C=CN(C)c1ccc(Cc2ccc(N=C(N)c3nc(N4CCNCC4C)c(NC)cc3C)cc2C)cc1C. The van der Waals surface area contributed by atoms with Crippen molar-refractivity contribution in [1.82, 2.24) is 10.3 Å². The Labute approximate surface area is 227 Å². The summed E-state index contributed by atoms with van der Waals surface area (Å²) in [7, 11) is 3.95. The van der Waals surface area contributed by atoms with Crippen LogP contribution in [-0.4, -0.2) is 50.6 Å². The van der Waals surface area contributed by atoms with Crippen molar-refractivity contribution in [2.45, 2.75) is 40.2 Å². The van der Waals surface area contributed by atoms with Crippen LogP contribution in [0.3, 0.4) is 0 Å². The first-order valence-corrected chi connectivity index (χ1v) is 13.3. The Morgan fingerprint density at radius 1 is 1.18 bits per heavy atom. The molecule has 2 aromatic carbocycles. The van der Waals surface area contributed by atoms with Crippen molar-refractivity contribution in [1.29, 1.82) is 0 Å². The molecular weight excluding hydrogens is 470 g/mol. The number of aliphatic imine (C=N–C) groups is 1. The fourth-order valence-electron chi connectivity index (χ4n) is 5.10. The van der Waals surface area contributed by atoms with Gasteiger partial charge in [0.2, 0.25) is 0 Å². The van der Waals surface area contributed by atoms with E-state index in [1.54, 1.807) is 0 Å². The zero-order chi connectivity index (χ0) is 27.4. The Morgan fingerprint density at radius 3 is 2.63 bits per heavy atom. The third-order valence-corrected chi connectivity index (χ3v) is 7.36. The summed E-state index contributed by atoms with van der Waals surface area (Å²) in [5.41, 5.74) is 16.3. The van der Waals surface area contributed by atoms with Crippen molar-refractivity contribution in [2.24, 2.45) is 10.7 Å². The number of nitrogens with one attached hydrogen (secondary N) is 2. The minimum absolute atomic E-state index is 0.343. The molecule has 0 radical (unpaired) electrons. The number of anilines is 3. The minimum atomic E-state index is 0.343. The Hall–Kier alpha value is -3.84. The number of hydrogen-bond donors (Lipinski definition) is 3. The maximum atomic E-state index is 6.56. The summed E-state index contributed by atoms with van der Waals surface area (Å²) in [6, 6.07) is 15.3. The van der Waals surface area contributed by atoms with E-state index in [1.165, 1.54) is 27.9 Å². The van der Waals surface area contributed by atoms with Gasteiger partial charge in [-0.15, -0.1) is 0 Å². The Morgan fingerprint density at radius 2 is 1.97 bits per heavy atom. The van der Waals surface area contributed by atoms with Gasteiger partial charge in [0.05, 0.1) is 11.4 Å². The molecule has 1 aliphatic rings. The molecule has 1 fully saturated rings. The van der Waals surface area contributed by atoms with Crippen LogP contribution in [0.15, 0.2) is 60.2 Å². The number of nitrogens with zero attached hydrogens (tertiary/aromatic N) is 4. The molecule has 0 spiro atoms. The van der Waals surface area contributed by atoms with Crippen LogP contribution in [0.1, 0.15) is 40.4 Å². The summed E-state index contributed by atoms with van der Waals surface area (Å²) in [5.74, 6) is 1.35. The topological polar surface area (TPSA) is 81.8 Å². The lowest BCUT2D eigenvalue weighted by Crippen LogP contribution is -2.50. The van der Waals surface area contributed by atoms with Gasteiger partial charge in [0.25, 0.3) is 0 Å². The van der Waals surface area contributed by atoms with Gasteiger partial charge in [-0.3, -0.25) is 0 Å². The Balaban J connectivity index is 1.58. The second-order valence-electron chi connectivity index (χ2n) is 10.2. The number of rotatable bonds is 8. The number of hydrogen-bond acceptors (Lipinski definition) is 6. The van der Waals surface area contributed by atoms with Crippen molar-refractivity contribution in [3.8, 4) is 0 Å². The van der Waals surface area contributed by atoms with Crippen molar-refractivity contribution >= 4 is 28.7 Å². The highest BCUT2D eigenvalue weighted by molar-refractivity contribution is 5.99. The highest BCUT2D eigenvalue weighted by Crippen LogP contribution is 2.29. The third kappa shape index (κ3) is 5.83. The van der Waals surface area contributed by atoms with Crippen LogP contribution in [0.4, 0.5) is 22.9 Å². The van der Waals surface area contributed by atoms with Crippen LogP contribution in [0.2, 0.25) is 0 Å². The van der Waals surface area contributed by atoms with E-state index in [0.717, 1.165) is 54.5 Å². The fraction of sp³-hybridized carbons (Fsp3) is 0.355. The van der Waals surface area contributed by atoms with Crippen molar-refractivity contribution in [3.63, 3.8) is 0 Å². The van der Waals surface area contributed by atoms with Crippen LogP contribution in [0.25, 0.3) is 0 Å². The number of benzene rings is 2. The molecule has 7 nitrogen and oxygen atoms in total. The van der Waals surface area contributed by atoms with E-state index < -0.39 is 0 Å². The molecule has 1 aliphatic heterocycles. The van der Waals surface area contributed by atoms with Gasteiger partial charge in [-0.05, 0) is 92.4 Å². The van der Waals surface area contributed by atoms with Gasteiger partial charge in [0.15, 0.2) is 5.82 Å². The summed E-state index contributed by atoms with van der Waals surface area (Å²) in [5, 5.41) is 6.75. The van der Waals surface area contributed by atoms with Gasteiger partial charge in [0, 0.05) is 45.5 Å². The molecule has 1 atom stereocenters. The molecule has 4 N–H and O–H groups in total. The van der Waals surface area contributed by atoms with E-state index in [1.807, 2.05) is 38.2 Å². The Kier molecular flexibility index (Phi) is 8.37. The molecule has 1 unspecified atom stereocenters. The second kappa shape index (κ2) is 11.7. The van der Waals surface area contributed by atoms with E-state index in [-0.39, 0.29) is 0 Å². The lowest BCUT2D eigenvalue weighted by atomic mass is 9.98. The van der Waals surface area contributed by atoms with Gasteiger partial charge in [0.1, 0.15) is 11.5 Å². The summed E-state index contributed by atoms with van der Waals surface area (Å²) < 4.78 is 0. The lowest BCUT2D eigenvalue weighted by molar-refractivity contribution is 0.497. The molecule has 38 heavy (non-hydrogen) atoms. The molecule has 4 rings (SSSR count). The van der Waals surface area contributed by atoms with E-state index in [0.29, 0.717) is 11.9 Å². The first-order chi connectivity index (χ1) is 18.2. The molecule has 2 heterocycles. The van der Waals surface area contributed by atoms with Crippen LogP contribution in [0.5, 0.6) is 0 Å². The third-order valence-electron chi connectivity index (χ3n) is 7.36. The summed E-state index contributed by atoms with van der Waals surface area (Å²) in [6.07, 6.45) is 2.69. The number of aromatic nitrogens is 1. The average molecular weight is 512 g/mol. The first kappa shape index (κ1) is 27.2. The van der Waals surface area contributed by atoms with Crippen molar-refractivity contribution in [3.05, 3.63) is 88.8 Å². The van der Waals surface area contributed by atoms with Crippen LogP contribution < -0.4 is 26.2 Å². The van der Waals surface area contributed by atoms with Crippen molar-refractivity contribution in [2.75, 3.05) is 48.8 Å². The number of nitrogens with two attached hydrogens (primary N) is 1. The molecule has 0 bridgehead atoms. The predicted octanol–water partition coefficient (Wildman–Crippen LogP) is 5.05. The average Bonchev–Trinajstić information content (AvgIpc) is 2.90. The minimum Gasteiger partial charge on any atom is -0.385 e. The molecule has 0 saturated carbocycles. The van der Waals surface area contributed by atoms with E-state index >= 15 is 0 Å². The first-order valence-electron chi connectivity index (χ1n) is 13.3. The number of pyridine rings is 1. The lowest BCUT2D eigenvalue weighted by Gasteiger charge is -2.36. The van der Waals surface area contributed by atoms with Gasteiger partial charge >= 0.3 is 0 Å². The normalized spacial score (nSPS) is 15.9. The molecule has 1 saturated heterocycles. The van der Waals surface area contributed by atoms with E-state index in [9.17, 15) is 0 Å². The molecule has 0 amide bonds. The molecule has 1 aromatic heterocycles. The standard InChI is InChI=1S/C31H41N7/c1-8-37(7)28-12-9-24(15-21(28)3)18-25-10-11-26(16-20(25)2)35-30(32)29-22(4)17-27(33-6)31(36-29)38-14-13-34-19-23(38)5/h8-12,15-17,23,33-34H,1,13-14,18-19H2,2-7H3,(H2,32,35). The summed E-state index contributed by atoms with van der Waals surface area (Å²) >= 11 is 0. The smallest absolute Gasteiger partial charge is 0.153 e. The van der Waals surface area contributed by atoms with E-state index in [2.05, 4.69) is 79.3 Å². The fourth-order valence-corrected chi connectivity index (χ4v) is 5.10. The quantitative estimate of drug-likeness (QED) is 0.290. The van der Waals surface area contributed by atoms with Gasteiger partial charge in [-0.1, -0.05) is 24.8 Å². The molecule has 3 aromatic rings. The molecule has 7 heteroatoms. The van der Waals surface area contributed by atoms with Crippen LogP contribution in [0, 0.1) is 20.8 Å². The molecular formula is C31H41N7.